The molecule has 4 aromatic rings. The Morgan fingerprint density at radius 3 is 2.52 bits per heavy atom. The predicted molar refractivity (Wildman–Crippen MR) is 114 cm³/mol. The van der Waals surface area contributed by atoms with Gasteiger partial charge >= 0.3 is 0 Å². The van der Waals surface area contributed by atoms with E-state index in [1.807, 2.05) is 50.4 Å². The van der Waals surface area contributed by atoms with Crippen molar-refractivity contribution < 1.29 is 4.79 Å². The third kappa shape index (κ3) is 3.96. The van der Waals surface area contributed by atoms with E-state index in [1.165, 1.54) is 6.92 Å². The number of hydrogen-bond acceptors (Lipinski definition) is 6. The van der Waals surface area contributed by atoms with Crippen molar-refractivity contribution >= 4 is 28.2 Å². The Morgan fingerprint density at radius 2 is 1.76 bits per heavy atom. The second kappa shape index (κ2) is 7.75. The van der Waals surface area contributed by atoms with Crippen molar-refractivity contribution in [3.8, 4) is 0 Å². The number of aryl methyl sites for hydroxylation is 1. The van der Waals surface area contributed by atoms with Gasteiger partial charge in [0.2, 0.25) is 0 Å². The van der Waals surface area contributed by atoms with E-state index >= 15 is 0 Å². The van der Waals surface area contributed by atoms with Crippen LogP contribution in [-0.2, 0) is 6.42 Å². The third-order valence-electron chi connectivity index (χ3n) is 4.78. The zero-order valence-corrected chi connectivity index (χ0v) is 16.6. The number of fused-ring (bicyclic) bond motifs is 1. The predicted octanol–water partition coefficient (Wildman–Crippen LogP) is 4.29. The van der Waals surface area contributed by atoms with E-state index in [4.69, 9.17) is 0 Å². The minimum atomic E-state index is -0.0347. The lowest BCUT2D eigenvalue weighted by atomic mass is 10.1. The Kier molecular flexibility index (Phi) is 4.99. The molecule has 6 heteroatoms. The zero-order valence-electron chi connectivity index (χ0n) is 16.6. The normalized spacial score (nSPS) is 10.9. The molecule has 0 amide bonds. The topological polar surface area (TPSA) is 71.9 Å². The van der Waals surface area contributed by atoms with Crippen LogP contribution in [0.4, 0.5) is 11.5 Å². The summed E-state index contributed by atoms with van der Waals surface area (Å²) in [4.78, 5) is 31.3. The first-order valence-corrected chi connectivity index (χ1v) is 9.39. The van der Waals surface area contributed by atoms with Gasteiger partial charge in [-0.2, -0.15) is 0 Å². The highest BCUT2D eigenvalue weighted by atomic mass is 16.1. The molecule has 0 aliphatic rings. The monoisotopic (exact) mass is 383 g/mol. The molecule has 0 bridgehead atoms. The first kappa shape index (κ1) is 18.7. The van der Waals surface area contributed by atoms with Gasteiger partial charge in [-0.25, -0.2) is 19.9 Å². The average Bonchev–Trinajstić information content (AvgIpc) is 2.73. The van der Waals surface area contributed by atoms with Crippen LogP contribution in [-0.4, -0.2) is 32.8 Å². The van der Waals surface area contributed by atoms with Crippen LogP contribution >= 0.6 is 0 Å². The Balaban J connectivity index is 1.64. The van der Waals surface area contributed by atoms with E-state index in [1.54, 1.807) is 12.4 Å². The van der Waals surface area contributed by atoms with Crippen LogP contribution in [0.2, 0.25) is 0 Å². The molecule has 4 rings (SSSR count). The molecule has 0 saturated heterocycles. The molecule has 0 aliphatic carbocycles. The van der Waals surface area contributed by atoms with Gasteiger partial charge in [0.1, 0.15) is 17.5 Å². The minimum Gasteiger partial charge on any atom is -0.329 e. The fourth-order valence-electron chi connectivity index (χ4n) is 3.24. The van der Waals surface area contributed by atoms with E-state index in [0.29, 0.717) is 17.8 Å². The van der Waals surface area contributed by atoms with Gasteiger partial charge in [-0.3, -0.25) is 4.79 Å². The summed E-state index contributed by atoms with van der Waals surface area (Å²) in [6, 6.07) is 16.2. The third-order valence-corrected chi connectivity index (χ3v) is 4.78. The van der Waals surface area contributed by atoms with Crippen molar-refractivity contribution in [3.63, 3.8) is 0 Å². The van der Waals surface area contributed by atoms with Crippen LogP contribution < -0.4 is 4.90 Å². The average molecular weight is 383 g/mol. The van der Waals surface area contributed by atoms with Gasteiger partial charge in [0.25, 0.3) is 0 Å². The first-order valence-electron chi connectivity index (χ1n) is 9.39. The summed E-state index contributed by atoms with van der Waals surface area (Å²) in [6.07, 6.45) is 3.75. The lowest BCUT2D eigenvalue weighted by Gasteiger charge is -2.21. The molecule has 6 nitrogen and oxygen atoms in total. The molecule has 0 unspecified atom stereocenters. The number of ketones is 1. The van der Waals surface area contributed by atoms with Crippen molar-refractivity contribution in [2.45, 2.75) is 20.3 Å². The fourth-order valence-corrected chi connectivity index (χ4v) is 3.24. The van der Waals surface area contributed by atoms with Crippen molar-refractivity contribution in [2.24, 2.45) is 0 Å². The molecular formula is C23H21N5O. The molecule has 144 valence electrons. The Hall–Kier alpha value is -3.67. The summed E-state index contributed by atoms with van der Waals surface area (Å²) >= 11 is 0. The summed E-state index contributed by atoms with van der Waals surface area (Å²) in [7, 11) is 2.01. The maximum Gasteiger partial charge on any atom is 0.162 e. The highest BCUT2D eigenvalue weighted by Gasteiger charge is 2.12. The first-order chi connectivity index (χ1) is 14.0. The van der Waals surface area contributed by atoms with E-state index < -0.39 is 0 Å². The fraction of sp³-hybridized carbons (Fsp3) is 0.174. The number of carbonyl (C=O) groups is 1. The Bertz CT molecular complexity index is 1190. The molecule has 0 fully saturated rings. The van der Waals surface area contributed by atoms with Gasteiger partial charge in [-0.05, 0) is 43.7 Å². The summed E-state index contributed by atoms with van der Waals surface area (Å²) < 4.78 is 0. The molecule has 0 saturated carbocycles. The van der Waals surface area contributed by atoms with Crippen LogP contribution in [0, 0.1) is 6.92 Å². The van der Waals surface area contributed by atoms with Gasteiger partial charge < -0.3 is 4.90 Å². The lowest BCUT2D eigenvalue weighted by molar-refractivity contribution is 0.101. The Labute approximate surface area is 169 Å². The molecule has 2 aromatic carbocycles. The molecular weight excluding hydrogens is 362 g/mol. The smallest absolute Gasteiger partial charge is 0.162 e. The number of benzene rings is 2. The number of aromatic nitrogens is 4. The largest absolute Gasteiger partial charge is 0.329 e. The van der Waals surface area contributed by atoms with Gasteiger partial charge in [0.05, 0.1) is 11.1 Å². The molecule has 0 aliphatic heterocycles. The van der Waals surface area contributed by atoms with Gasteiger partial charge in [0.15, 0.2) is 5.78 Å². The van der Waals surface area contributed by atoms with Gasteiger partial charge in [-0.15, -0.1) is 0 Å². The van der Waals surface area contributed by atoms with Crippen LogP contribution in [0.1, 0.15) is 34.5 Å². The minimum absolute atomic E-state index is 0.0347. The van der Waals surface area contributed by atoms with E-state index in [0.717, 1.165) is 33.8 Å². The van der Waals surface area contributed by atoms with Gasteiger partial charge in [0, 0.05) is 36.9 Å². The van der Waals surface area contributed by atoms with Gasteiger partial charge in [-0.1, -0.05) is 24.3 Å². The van der Waals surface area contributed by atoms with E-state index in [9.17, 15) is 4.79 Å². The maximum atomic E-state index is 11.4. The molecule has 0 N–H and O–H groups in total. The van der Waals surface area contributed by atoms with E-state index in [-0.39, 0.29) is 5.78 Å². The SMILES string of the molecule is CC(=O)c1cnc(Cc2cccc(N(C)c3nc(C)nc4ccccc34)c2)nc1. The number of rotatable bonds is 5. The molecule has 0 radical (unpaired) electrons. The van der Waals surface area contributed by atoms with Crippen molar-refractivity contribution in [2.75, 3.05) is 11.9 Å². The molecule has 0 spiro atoms. The number of anilines is 2. The lowest BCUT2D eigenvalue weighted by Crippen LogP contribution is -2.13. The Morgan fingerprint density at radius 1 is 1.00 bits per heavy atom. The molecule has 0 atom stereocenters. The number of hydrogen-bond donors (Lipinski definition) is 0. The summed E-state index contributed by atoms with van der Waals surface area (Å²) in [5, 5.41) is 1.01. The van der Waals surface area contributed by atoms with Crippen LogP contribution in [0.3, 0.4) is 0 Å². The number of para-hydroxylation sites is 1. The van der Waals surface area contributed by atoms with Crippen LogP contribution in [0.15, 0.2) is 60.9 Å². The second-order valence-electron chi connectivity index (χ2n) is 6.96. The molecule has 2 aromatic heterocycles. The van der Waals surface area contributed by atoms with Crippen molar-refractivity contribution in [3.05, 3.63) is 83.7 Å². The standard InChI is InChI=1S/C23H21N5O/c1-15(29)18-13-24-22(25-14-18)12-17-7-6-8-19(11-17)28(3)23-20-9-4-5-10-21(20)26-16(2)27-23/h4-11,13-14H,12H2,1-3H3. The zero-order chi connectivity index (χ0) is 20.4. The van der Waals surface area contributed by atoms with Crippen LogP contribution in [0.25, 0.3) is 10.9 Å². The number of carbonyl (C=O) groups excluding carboxylic acids is 1. The van der Waals surface area contributed by atoms with Crippen molar-refractivity contribution in [1.82, 2.24) is 19.9 Å². The number of Topliss-reactive ketones (excluding diaryl/α,β-unsaturated/α-hetero) is 1. The van der Waals surface area contributed by atoms with E-state index in [2.05, 4.69) is 37.0 Å². The highest BCUT2D eigenvalue weighted by Crippen LogP contribution is 2.29. The quantitative estimate of drug-likeness (QED) is 0.479. The van der Waals surface area contributed by atoms with Crippen molar-refractivity contribution in [1.29, 1.82) is 0 Å². The highest BCUT2D eigenvalue weighted by molar-refractivity contribution is 5.93. The second-order valence-corrected chi connectivity index (χ2v) is 6.96. The molecule has 29 heavy (non-hydrogen) atoms. The molecule has 2 heterocycles. The summed E-state index contributed by atoms with van der Waals surface area (Å²) in [5.74, 6) is 2.25. The maximum absolute atomic E-state index is 11.4. The summed E-state index contributed by atoms with van der Waals surface area (Å²) in [6.45, 7) is 3.42. The van der Waals surface area contributed by atoms with Crippen LogP contribution in [0.5, 0.6) is 0 Å². The number of nitrogens with zero attached hydrogens (tertiary/aromatic N) is 5. The summed E-state index contributed by atoms with van der Waals surface area (Å²) in [5.41, 5.74) is 3.55.